The van der Waals surface area contributed by atoms with E-state index in [4.69, 9.17) is 4.74 Å². The second-order valence-corrected chi connectivity index (χ2v) is 6.18. The minimum atomic E-state index is -0.424. The van der Waals surface area contributed by atoms with Gasteiger partial charge in [-0.15, -0.1) is 0 Å². The fraction of sp³-hybridized carbons (Fsp3) is 0.667. The van der Waals surface area contributed by atoms with Gasteiger partial charge in [0.2, 0.25) is 5.88 Å². The van der Waals surface area contributed by atoms with E-state index in [1.165, 1.54) is 44.1 Å². The lowest BCUT2D eigenvalue weighted by Crippen LogP contribution is -2.35. The molecule has 128 valence electrons. The molecule has 1 saturated heterocycles. The largest absolute Gasteiger partial charge is 0.413 e. The molecule has 0 radical (unpaired) electrons. The average molecular weight is 319 g/mol. The third-order valence-electron chi connectivity index (χ3n) is 4.21. The summed E-state index contributed by atoms with van der Waals surface area (Å²) in [5, 5.41) is 2.78. The van der Waals surface area contributed by atoms with Crippen LogP contribution in [0.15, 0.2) is 18.3 Å². The summed E-state index contributed by atoms with van der Waals surface area (Å²) >= 11 is 0. The number of nitrogens with one attached hydrogen (secondary N) is 1. The number of rotatable bonds is 9. The van der Waals surface area contributed by atoms with Crippen molar-refractivity contribution in [1.29, 1.82) is 0 Å². The Morgan fingerprint density at radius 1 is 1.26 bits per heavy atom. The highest BCUT2D eigenvalue weighted by molar-refractivity contribution is 5.69. The SMILES string of the molecule is CCCCCCc1ccc(OC(=O)NCCN2CCCC2)nc1. The summed E-state index contributed by atoms with van der Waals surface area (Å²) in [6.07, 6.45) is 9.92. The van der Waals surface area contributed by atoms with E-state index >= 15 is 0 Å². The van der Waals surface area contributed by atoms with E-state index in [0.29, 0.717) is 12.4 Å². The van der Waals surface area contributed by atoms with Crippen LogP contribution < -0.4 is 10.1 Å². The number of likely N-dealkylation sites (tertiary alicyclic amines) is 1. The molecule has 1 aromatic rings. The molecular formula is C18H29N3O2. The van der Waals surface area contributed by atoms with Gasteiger partial charge < -0.3 is 15.0 Å². The molecule has 5 heteroatoms. The van der Waals surface area contributed by atoms with Crippen molar-refractivity contribution < 1.29 is 9.53 Å². The Hall–Kier alpha value is -1.62. The fourth-order valence-corrected chi connectivity index (χ4v) is 2.83. The first kappa shape index (κ1) is 17.7. The monoisotopic (exact) mass is 319 g/mol. The molecule has 2 heterocycles. The van der Waals surface area contributed by atoms with Gasteiger partial charge in [-0.1, -0.05) is 32.3 Å². The minimum absolute atomic E-state index is 0.362. The van der Waals surface area contributed by atoms with Crippen molar-refractivity contribution in [3.05, 3.63) is 23.9 Å². The maximum absolute atomic E-state index is 11.7. The molecule has 1 aliphatic rings. The van der Waals surface area contributed by atoms with Crippen molar-refractivity contribution >= 4 is 6.09 Å². The minimum Gasteiger partial charge on any atom is -0.391 e. The third-order valence-corrected chi connectivity index (χ3v) is 4.21. The van der Waals surface area contributed by atoms with E-state index in [1.54, 1.807) is 12.3 Å². The highest BCUT2D eigenvalue weighted by atomic mass is 16.6. The topological polar surface area (TPSA) is 54.5 Å². The molecule has 1 N–H and O–H groups in total. The molecule has 0 spiro atoms. The Morgan fingerprint density at radius 3 is 2.78 bits per heavy atom. The summed E-state index contributed by atoms with van der Waals surface area (Å²) in [4.78, 5) is 18.3. The molecule has 0 aromatic carbocycles. The maximum Gasteiger partial charge on any atom is 0.413 e. The van der Waals surface area contributed by atoms with Gasteiger partial charge in [-0.3, -0.25) is 0 Å². The van der Waals surface area contributed by atoms with E-state index in [2.05, 4.69) is 22.1 Å². The molecule has 0 saturated carbocycles. The van der Waals surface area contributed by atoms with Crippen molar-refractivity contribution in [3.63, 3.8) is 0 Å². The summed E-state index contributed by atoms with van der Waals surface area (Å²) in [6.45, 7) is 5.99. The van der Waals surface area contributed by atoms with Crippen LogP contribution in [0.1, 0.15) is 51.0 Å². The molecule has 1 aromatic heterocycles. The molecule has 2 rings (SSSR count). The zero-order chi connectivity index (χ0) is 16.3. The van der Waals surface area contributed by atoms with Gasteiger partial charge in [0.05, 0.1) is 0 Å². The lowest BCUT2D eigenvalue weighted by atomic mass is 10.1. The lowest BCUT2D eigenvalue weighted by Gasteiger charge is -2.14. The Bertz CT molecular complexity index is 456. The first-order chi connectivity index (χ1) is 11.3. The van der Waals surface area contributed by atoms with Gasteiger partial charge >= 0.3 is 6.09 Å². The van der Waals surface area contributed by atoms with Crippen LogP contribution in [0.25, 0.3) is 0 Å². The number of unbranched alkanes of at least 4 members (excludes halogenated alkanes) is 3. The van der Waals surface area contributed by atoms with Gasteiger partial charge in [0.25, 0.3) is 0 Å². The van der Waals surface area contributed by atoms with Gasteiger partial charge in [-0.05, 0) is 44.3 Å². The number of aryl methyl sites for hydroxylation is 1. The highest BCUT2D eigenvalue weighted by Gasteiger charge is 2.11. The normalized spacial score (nSPS) is 14.8. The number of amides is 1. The predicted octanol–water partition coefficient (Wildman–Crippen LogP) is 3.39. The zero-order valence-corrected chi connectivity index (χ0v) is 14.2. The molecular weight excluding hydrogens is 290 g/mol. The zero-order valence-electron chi connectivity index (χ0n) is 14.2. The van der Waals surface area contributed by atoms with Gasteiger partial charge in [-0.25, -0.2) is 9.78 Å². The Balaban J connectivity index is 1.62. The van der Waals surface area contributed by atoms with E-state index in [9.17, 15) is 4.79 Å². The molecule has 23 heavy (non-hydrogen) atoms. The smallest absolute Gasteiger partial charge is 0.391 e. The van der Waals surface area contributed by atoms with Gasteiger partial charge in [0.1, 0.15) is 0 Å². The summed E-state index contributed by atoms with van der Waals surface area (Å²) < 4.78 is 5.20. The van der Waals surface area contributed by atoms with E-state index in [1.807, 2.05) is 6.07 Å². The lowest BCUT2D eigenvalue weighted by molar-refractivity contribution is 0.196. The number of aromatic nitrogens is 1. The van der Waals surface area contributed by atoms with Crippen LogP contribution in [0.3, 0.4) is 0 Å². The van der Waals surface area contributed by atoms with E-state index in [-0.39, 0.29) is 0 Å². The first-order valence-electron chi connectivity index (χ1n) is 8.91. The summed E-state index contributed by atoms with van der Waals surface area (Å²) in [6, 6.07) is 3.76. The van der Waals surface area contributed by atoms with Crippen LogP contribution in [-0.2, 0) is 6.42 Å². The molecule has 0 atom stereocenters. The van der Waals surface area contributed by atoms with Crippen molar-refractivity contribution in [2.45, 2.75) is 51.9 Å². The van der Waals surface area contributed by atoms with Crippen molar-refractivity contribution in [2.75, 3.05) is 26.2 Å². The second kappa shape index (κ2) is 10.2. The molecule has 1 fully saturated rings. The highest BCUT2D eigenvalue weighted by Crippen LogP contribution is 2.11. The third kappa shape index (κ3) is 6.99. The van der Waals surface area contributed by atoms with Gasteiger partial charge in [0.15, 0.2) is 0 Å². The Kier molecular flexibility index (Phi) is 7.87. The molecule has 1 amide bonds. The molecule has 0 aliphatic carbocycles. The number of hydrogen-bond acceptors (Lipinski definition) is 4. The van der Waals surface area contributed by atoms with Crippen LogP contribution >= 0.6 is 0 Å². The van der Waals surface area contributed by atoms with E-state index in [0.717, 1.165) is 26.1 Å². The fourth-order valence-electron chi connectivity index (χ4n) is 2.83. The first-order valence-corrected chi connectivity index (χ1v) is 8.91. The van der Waals surface area contributed by atoms with Crippen LogP contribution in [-0.4, -0.2) is 42.2 Å². The average Bonchev–Trinajstić information content (AvgIpc) is 3.06. The quantitative estimate of drug-likeness (QED) is 0.709. The number of pyridine rings is 1. The Morgan fingerprint density at radius 2 is 2.09 bits per heavy atom. The molecule has 1 aliphatic heterocycles. The second-order valence-electron chi connectivity index (χ2n) is 6.18. The van der Waals surface area contributed by atoms with Gasteiger partial charge in [-0.2, -0.15) is 0 Å². The number of ether oxygens (including phenoxy) is 1. The van der Waals surface area contributed by atoms with Gasteiger partial charge in [0, 0.05) is 25.4 Å². The summed E-state index contributed by atoms with van der Waals surface area (Å²) in [5.41, 5.74) is 1.20. The molecule has 0 unspecified atom stereocenters. The van der Waals surface area contributed by atoms with Crippen molar-refractivity contribution in [3.8, 4) is 5.88 Å². The number of hydrogen-bond donors (Lipinski definition) is 1. The number of nitrogens with zero attached hydrogens (tertiary/aromatic N) is 2. The maximum atomic E-state index is 11.7. The summed E-state index contributed by atoms with van der Waals surface area (Å²) in [5.74, 6) is 0.362. The predicted molar refractivity (Wildman–Crippen MR) is 91.8 cm³/mol. The standard InChI is InChI=1S/C18H29N3O2/c1-2-3-4-5-8-16-9-10-17(20-15-16)23-18(22)19-11-14-21-12-6-7-13-21/h9-10,15H,2-8,11-14H2,1H3,(H,19,22). The Labute approximate surface area is 139 Å². The van der Waals surface area contributed by atoms with Crippen LogP contribution in [0, 0.1) is 0 Å². The molecule has 5 nitrogen and oxygen atoms in total. The number of carbonyl (C=O) groups is 1. The van der Waals surface area contributed by atoms with Crippen molar-refractivity contribution in [2.24, 2.45) is 0 Å². The van der Waals surface area contributed by atoms with Crippen LogP contribution in [0.2, 0.25) is 0 Å². The molecule has 0 bridgehead atoms. The van der Waals surface area contributed by atoms with E-state index < -0.39 is 6.09 Å². The number of carbonyl (C=O) groups excluding carboxylic acids is 1. The van der Waals surface area contributed by atoms with Crippen LogP contribution in [0.4, 0.5) is 4.79 Å². The summed E-state index contributed by atoms with van der Waals surface area (Å²) in [7, 11) is 0. The van der Waals surface area contributed by atoms with Crippen molar-refractivity contribution in [1.82, 2.24) is 15.2 Å². The van der Waals surface area contributed by atoms with Crippen LogP contribution in [0.5, 0.6) is 5.88 Å².